The molecule has 1 heterocycles. The summed E-state index contributed by atoms with van der Waals surface area (Å²) in [5.74, 6) is 0.212. The van der Waals surface area contributed by atoms with E-state index in [0.29, 0.717) is 18.3 Å². The van der Waals surface area contributed by atoms with E-state index < -0.39 is 5.97 Å². The van der Waals surface area contributed by atoms with Crippen LogP contribution < -0.4 is 4.74 Å². The zero-order chi connectivity index (χ0) is 14.4. The summed E-state index contributed by atoms with van der Waals surface area (Å²) >= 11 is 3.45. The van der Waals surface area contributed by atoms with Gasteiger partial charge in [-0.3, -0.25) is 0 Å². The van der Waals surface area contributed by atoms with Crippen molar-refractivity contribution in [2.75, 3.05) is 19.8 Å². The molecule has 0 aromatic heterocycles. The fourth-order valence-corrected chi connectivity index (χ4v) is 2.58. The molecular weight excluding hydrogens is 324 g/mol. The van der Waals surface area contributed by atoms with Crippen LogP contribution >= 0.6 is 15.9 Å². The second-order valence-corrected chi connectivity index (χ2v) is 5.55. The van der Waals surface area contributed by atoms with Crippen molar-refractivity contribution in [1.82, 2.24) is 0 Å². The molecule has 108 valence electrons. The number of aliphatic carboxylic acids is 1. The van der Waals surface area contributed by atoms with E-state index in [0.717, 1.165) is 42.2 Å². The maximum absolute atomic E-state index is 10.6. The lowest BCUT2D eigenvalue weighted by atomic mass is 10.0. The first-order valence-electron chi connectivity index (χ1n) is 6.57. The normalized spacial score (nSPS) is 16.4. The third-order valence-electron chi connectivity index (χ3n) is 3.21. The second kappa shape index (κ2) is 7.45. The van der Waals surface area contributed by atoms with Gasteiger partial charge in [0.2, 0.25) is 0 Å². The van der Waals surface area contributed by atoms with Gasteiger partial charge in [0.15, 0.2) is 0 Å². The van der Waals surface area contributed by atoms with Crippen LogP contribution in [0.15, 0.2) is 28.7 Å². The summed E-state index contributed by atoms with van der Waals surface area (Å²) in [7, 11) is 0. The van der Waals surface area contributed by atoms with Crippen molar-refractivity contribution < 1.29 is 19.4 Å². The van der Waals surface area contributed by atoms with Crippen molar-refractivity contribution >= 4 is 28.0 Å². The first-order valence-corrected chi connectivity index (χ1v) is 7.36. The monoisotopic (exact) mass is 340 g/mol. The van der Waals surface area contributed by atoms with Crippen molar-refractivity contribution in [2.24, 2.45) is 5.92 Å². The Bertz CT molecular complexity index is 493. The number of halogens is 1. The number of hydrogen-bond donors (Lipinski definition) is 1. The molecule has 1 aromatic rings. The summed E-state index contributed by atoms with van der Waals surface area (Å²) in [6.07, 6.45) is 4.67. The predicted octanol–water partition coefficient (Wildman–Crippen LogP) is 3.35. The average Bonchev–Trinajstić information content (AvgIpc) is 2.45. The van der Waals surface area contributed by atoms with E-state index in [1.165, 1.54) is 0 Å². The molecule has 0 spiro atoms. The zero-order valence-corrected chi connectivity index (χ0v) is 12.6. The van der Waals surface area contributed by atoms with Crippen LogP contribution in [0, 0.1) is 5.92 Å². The van der Waals surface area contributed by atoms with E-state index >= 15 is 0 Å². The van der Waals surface area contributed by atoms with E-state index in [4.69, 9.17) is 14.6 Å². The Morgan fingerprint density at radius 2 is 2.20 bits per heavy atom. The van der Waals surface area contributed by atoms with E-state index in [9.17, 15) is 4.79 Å². The number of benzene rings is 1. The highest BCUT2D eigenvalue weighted by Crippen LogP contribution is 2.31. The highest BCUT2D eigenvalue weighted by atomic mass is 79.9. The van der Waals surface area contributed by atoms with Gasteiger partial charge in [-0.15, -0.1) is 0 Å². The predicted molar refractivity (Wildman–Crippen MR) is 79.8 cm³/mol. The topological polar surface area (TPSA) is 55.8 Å². The minimum Gasteiger partial charge on any atom is -0.491 e. The van der Waals surface area contributed by atoms with E-state index in [1.807, 2.05) is 18.2 Å². The molecule has 0 bridgehead atoms. The summed E-state index contributed by atoms with van der Waals surface area (Å²) < 4.78 is 12.0. The van der Waals surface area contributed by atoms with E-state index in [-0.39, 0.29) is 0 Å². The fourth-order valence-electron chi connectivity index (χ4n) is 2.08. The standard InChI is InChI=1S/C15H17BrO4/c16-13-3-1-2-12(4-5-14(17)18)15(13)20-10-11-6-8-19-9-7-11/h1-5,11H,6-10H2,(H,17,18). The van der Waals surface area contributed by atoms with Crippen molar-refractivity contribution in [3.8, 4) is 5.75 Å². The van der Waals surface area contributed by atoms with Crippen LogP contribution in [-0.4, -0.2) is 30.9 Å². The molecule has 1 aliphatic heterocycles. The molecule has 4 nitrogen and oxygen atoms in total. The van der Waals surface area contributed by atoms with Gasteiger partial charge in [-0.1, -0.05) is 12.1 Å². The van der Waals surface area contributed by atoms with Crippen LogP contribution in [-0.2, 0) is 9.53 Å². The van der Waals surface area contributed by atoms with Crippen LogP contribution in [0.4, 0.5) is 0 Å². The Morgan fingerprint density at radius 1 is 1.45 bits per heavy atom. The Labute approximate surface area is 126 Å². The number of carboxylic acid groups (broad SMARTS) is 1. The minimum absolute atomic E-state index is 0.493. The molecule has 0 unspecified atom stereocenters. The molecule has 0 aliphatic carbocycles. The fraction of sp³-hybridized carbons (Fsp3) is 0.400. The lowest BCUT2D eigenvalue weighted by Gasteiger charge is -2.23. The summed E-state index contributed by atoms with van der Waals surface area (Å²) in [6.45, 7) is 2.20. The molecule has 1 fully saturated rings. The smallest absolute Gasteiger partial charge is 0.328 e. The van der Waals surface area contributed by atoms with Crippen LogP contribution in [0.5, 0.6) is 5.75 Å². The highest BCUT2D eigenvalue weighted by Gasteiger charge is 2.16. The van der Waals surface area contributed by atoms with Gasteiger partial charge < -0.3 is 14.6 Å². The molecule has 0 saturated carbocycles. The number of para-hydroxylation sites is 1. The Hall–Kier alpha value is -1.33. The first kappa shape index (κ1) is 15.1. The second-order valence-electron chi connectivity index (χ2n) is 4.70. The third-order valence-corrected chi connectivity index (χ3v) is 3.83. The van der Waals surface area contributed by atoms with Crippen molar-refractivity contribution in [3.05, 3.63) is 34.3 Å². The summed E-state index contributed by atoms with van der Waals surface area (Å²) in [5, 5.41) is 8.72. The Kier molecular flexibility index (Phi) is 5.61. The SMILES string of the molecule is O=C(O)C=Cc1cccc(Br)c1OCC1CCOCC1. The lowest BCUT2D eigenvalue weighted by Crippen LogP contribution is -2.21. The molecule has 1 aliphatic rings. The minimum atomic E-state index is -0.972. The average molecular weight is 341 g/mol. The number of carboxylic acids is 1. The molecule has 0 radical (unpaired) electrons. The maximum atomic E-state index is 10.6. The number of rotatable bonds is 5. The molecule has 5 heteroatoms. The molecule has 1 aromatic carbocycles. The largest absolute Gasteiger partial charge is 0.491 e. The Balaban J connectivity index is 2.06. The summed E-state index contributed by atoms with van der Waals surface area (Å²) in [4.78, 5) is 10.6. The maximum Gasteiger partial charge on any atom is 0.328 e. The molecule has 0 amide bonds. The lowest BCUT2D eigenvalue weighted by molar-refractivity contribution is -0.131. The van der Waals surface area contributed by atoms with Crippen molar-refractivity contribution in [1.29, 1.82) is 0 Å². The van der Waals surface area contributed by atoms with Crippen LogP contribution in [0.3, 0.4) is 0 Å². The molecular formula is C15H17BrO4. The highest BCUT2D eigenvalue weighted by molar-refractivity contribution is 9.10. The van der Waals surface area contributed by atoms with Crippen LogP contribution in [0.2, 0.25) is 0 Å². The van der Waals surface area contributed by atoms with Gasteiger partial charge in [-0.05, 0) is 46.8 Å². The number of hydrogen-bond acceptors (Lipinski definition) is 3. The Morgan fingerprint density at radius 3 is 2.90 bits per heavy atom. The number of carbonyl (C=O) groups is 1. The van der Waals surface area contributed by atoms with E-state index in [2.05, 4.69) is 15.9 Å². The third kappa shape index (κ3) is 4.35. The van der Waals surface area contributed by atoms with Crippen LogP contribution in [0.25, 0.3) is 6.08 Å². The number of ether oxygens (including phenoxy) is 2. The zero-order valence-electron chi connectivity index (χ0n) is 11.0. The van der Waals surface area contributed by atoms with Gasteiger partial charge in [0.25, 0.3) is 0 Å². The van der Waals surface area contributed by atoms with Gasteiger partial charge in [0.1, 0.15) is 5.75 Å². The van der Waals surface area contributed by atoms with E-state index in [1.54, 1.807) is 6.08 Å². The quantitative estimate of drug-likeness (QED) is 0.835. The molecule has 20 heavy (non-hydrogen) atoms. The van der Waals surface area contributed by atoms with Crippen LogP contribution in [0.1, 0.15) is 18.4 Å². The molecule has 0 atom stereocenters. The van der Waals surface area contributed by atoms with Gasteiger partial charge >= 0.3 is 5.97 Å². The first-order chi connectivity index (χ1) is 9.66. The van der Waals surface area contributed by atoms with Gasteiger partial charge in [-0.25, -0.2) is 4.79 Å². The van der Waals surface area contributed by atoms with Crippen molar-refractivity contribution in [3.63, 3.8) is 0 Å². The van der Waals surface area contributed by atoms with Crippen molar-refractivity contribution in [2.45, 2.75) is 12.8 Å². The molecule has 2 rings (SSSR count). The van der Waals surface area contributed by atoms with Gasteiger partial charge in [-0.2, -0.15) is 0 Å². The summed E-state index contributed by atoms with van der Waals surface area (Å²) in [5.41, 5.74) is 0.758. The molecule has 1 N–H and O–H groups in total. The molecule has 1 saturated heterocycles. The van der Waals surface area contributed by atoms with Gasteiger partial charge in [0, 0.05) is 24.9 Å². The van der Waals surface area contributed by atoms with Gasteiger partial charge in [0.05, 0.1) is 11.1 Å². The summed E-state index contributed by atoms with van der Waals surface area (Å²) in [6, 6.07) is 5.58.